The zero-order valence-corrected chi connectivity index (χ0v) is 14.4. The van der Waals surface area contributed by atoms with Crippen LogP contribution in [0.25, 0.3) is 10.9 Å². The van der Waals surface area contributed by atoms with Crippen molar-refractivity contribution in [3.63, 3.8) is 0 Å². The number of carbonyl (C=O) groups is 1. The van der Waals surface area contributed by atoms with Gasteiger partial charge in [-0.15, -0.1) is 3.89 Å². The van der Waals surface area contributed by atoms with Gasteiger partial charge in [0.25, 0.3) is 0 Å². The van der Waals surface area contributed by atoms with Crippen LogP contribution in [0.4, 0.5) is 8.89 Å². The molecule has 0 aliphatic carbocycles. The Morgan fingerprint density at radius 2 is 2.25 bits per heavy atom. The van der Waals surface area contributed by atoms with E-state index in [1.54, 1.807) is 25.2 Å². The summed E-state index contributed by atoms with van der Waals surface area (Å²) in [6.07, 6.45) is 0.442. The fraction of sp³-hybridized carbons (Fsp3) is 0.200. The second kappa shape index (κ2) is 6.80. The molecule has 1 aromatic carbocycles. The number of anilines is 1. The van der Waals surface area contributed by atoms with Crippen molar-refractivity contribution in [3.8, 4) is 0 Å². The SMILES string of the molecule is CNc1sc(C(O)c2cn(SF)c3ccccc23)nc1C(=O)OC. The zero-order valence-electron chi connectivity index (χ0n) is 12.8. The van der Waals surface area contributed by atoms with Crippen LogP contribution in [-0.4, -0.2) is 34.2 Å². The highest BCUT2D eigenvalue weighted by Crippen LogP contribution is 2.36. The van der Waals surface area contributed by atoms with Crippen molar-refractivity contribution in [1.29, 1.82) is 0 Å². The average molecular weight is 367 g/mol. The predicted molar refractivity (Wildman–Crippen MR) is 93.1 cm³/mol. The van der Waals surface area contributed by atoms with Crippen molar-refractivity contribution in [1.82, 2.24) is 8.96 Å². The Morgan fingerprint density at radius 3 is 2.92 bits per heavy atom. The number of fused-ring (bicyclic) bond motifs is 1. The summed E-state index contributed by atoms with van der Waals surface area (Å²) in [5.74, 6) is -0.587. The molecule has 2 heterocycles. The van der Waals surface area contributed by atoms with Crippen LogP contribution in [0.5, 0.6) is 0 Å². The van der Waals surface area contributed by atoms with E-state index in [2.05, 4.69) is 10.3 Å². The second-order valence-electron chi connectivity index (χ2n) is 4.87. The van der Waals surface area contributed by atoms with Gasteiger partial charge in [0.1, 0.15) is 16.1 Å². The molecule has 0 fully saturated rings. The summed E-state index contributed by atoms with van der Waals surface area (Å²) in [5.41, 5.74) is 1.28. The highest BCUT2D eigenvalue weighted by atomic mass is 32.2. The molecule has 0 aliphatic heterocycles. The smallest absolute Gasteiger partial charge is 0.359 e. The van der Waals surface area contributed by atoms with Gasteiger partial charge in [0, 0.05) is 24.2 Å². The first-order valence-corrected chi connectivity index (χ1v) is 8.43. The number of nitrogens with one attached hydrogen (secondary N) is 1. The molecule has 0 radical (unpaired) electrons. The number of thiazole rings is 1. The van der Waals surface area contributed by atoms with Gasteiger partial charge in [0.15, 0.2) is 18.0 Å². The first kappa shape index (κ1) is 16.7. The van der Waals surface area contributed by atoms with Crippen molar-refractivity contribution < 1.29 is 18.5 Å². The minimum Gasteiger partial charge on any atom is -0.464 e. The third-order valence-electron chi connectivity index (χ3n) is 3.56. The van der Waals surface area contributed by atoms with E-state index in [0.717, 1.165) is 16.7 Å². The summed E-state index contributed by atoms with van der Waals surface area (Å²) in [6, 6.07) is 7.17. The number of rotatable bonds is 5. The Balaban J connectivity index is 2.08. The fourth-order valence-electron chi connectivity index (χ4n) is 2.44. The Labute approximate surface area is 145 Å². The summed E-state index contributed by atoms with van der Waals surface area (Å²) in [6.45, 7) is 0. The summed E-state index contributed by atoms with van der Waals surface area (Å²) < 4.78 is 19.2. The molecule has 0 bridgehead atoms. The monoisotopic (exact) mass is 367 g/mol. The standard InChI is InChI=1S/C15H14FN3O3S2/c1-17-13-11(15(21)22-2)18-14(23-13)12(20)9-7-19(24-16)10-6-4-3-5-8(9)10/h3-7,12,17,20H,1-2H3. The average Bonchev–Trinajstić information content (AvgIpc) is 3.22. The molecule has 0 saturated carbocycles. The lowest BCUT2D eigenvalue weighted by atomic mass is 10.1. The Bertz CT molecular complexity index is 893. The molecule has 3 aromatic rings. The van der Waals surface area contributed by atoms with Crippen molar-refractivity contribution >= 4 is 45.5 Å². The number of aliphatic hydroxyl groups excluding tert-OH is 1. The number of hydrogen-bond acceptors (Lipinski definition) is 7. The lowest BCUT2D eigenvalue weighted by molar-refractivity contribution is 0.0595. The van der Waals surface area contributed by atoms with E-state index in [-0.39, 0.29) is 18.0 Å². The summed E-state index contributed by atoms with van der Waals surface area (Å²) in [7, 11) is 2.92. The Hall–Kier alpha value is -2.10. The van der Waals surface area contributed by atoms with E-state index < -0.39 is 12.1 Å². The maximum atomic E-state index is 13.1. The summed E-state index contributed by atoms with van der Waals surface area (Å²) in [4.78, 5) is 16.0. The molecule has 0 aliphatic rings. The lowest BCUT2D eigenvalue weighted by Crippen LogP contribution is -2.06. The number of esters is 1. The Kier molecular flexibility index (Phi) is 4.74. The number of aromatic nitrogens is 2. The first-order chi connectivity index (χ1) is 11.6. The molecule has 6 nitrogen and oxygen atoms in total. The van der Waals surface area contributed by atoms with Gasteiger partial charge in [0.2, 0.25) is 0 Å². The molecular weight excluding hydrogens is 353 g/mol. The van der Waals surface area contributed by atoms with Gasteiger partial charge in [-0.25, -0.2) is 9.78 Å². The summed E-state index contributed by atoms with van der Waals surface area (Å²) in [5, 5.41) is 15.1. The van der Waals surface area contributed by atoms with Crippen LogP contribution in [0.15, 0.2) is 30.5 Å². The molecule has 9 heteroatoms. The van der Waals surface area contributed by atoms with Crippen LogP contribution in [-0.2, 0) is 4.74 Å². The molecule has 2 N–H and O–H groups in total. The van der Waals surface area contributed by atoms with Crippen LogP contribution in [0, 0.1) is 0 Å². The molecule has 3 rings (SSSR count). The first-order valence-electron chi connectivity index (χ1n) is 6.94. The third-order valence-corrected chi connectivity index (χ3v) is 5.14. The van der Waals surface area contributed by atoms with E-state index in [1.165, 1.54) is 17.3 Å². The number of para-hydroxylation sites is 1. The lowest BCUT2D eigenvalue weighted by Gasteiger charge is -2.05. The molecule has 126 valence electrons. The van der Waals surface area contributed by atoms with E-state index in [0.29, 0.717) is 21.1 Å². The number of ether oxygens (including phenoxy) is 1. The summed E-state index contributed by atoms with van der Waals surface area (Å²) >= 11 is 1.20. The number of methoxy groups -OCH3 is 1. The highest BCUT2D eigenvalue weighted by molar-refractivity contribution is 7.92. The van der Waals surface area contributed by atoms with Crippen molar-refractivity contribution in [3.05, 3.63) is 46.7 Å². The number of aliphatic hydroxyl groups is 1. The van der Waals surface area contributed by atoms with E-state index in [4.69, 9.17) is 4.74 Å². The van der Waals surface area contributed by atoms with E-state index in [9.17, 15) is 13.8 Å². The number of carbonyl (C=O) groups excluding carboxylic acids is 1. The molecular formula is C15H14FN3O3S2. The largest absolute Gasteiger partial charge is 0.464 e. The van der Waals surface area contributed by atoms with Crippen LogP contribution < -0.4 is 5.32 Å². The van der Waals surface area contributed by atoms with E-state index in [1.807, 2.05) is 6.07 Å². The van der Waals surface area contributed by atoms with Crippen LogP contribution in [0.1, 0.15) is 27.2 Å². The van der Waals surface area contributed by atoms with Gasteiger partial charge in [0.05, 0.1) is 12.6 Å². The molecule has 0 amide bonds. The quantitative estimate of drug-likeness (QED) is 0.673. The number of benzene rings is 1. The van der Waals surface area contributed by atoms with Crippen molar-refractivity contribution in [2.24, 2.45) is 0 Å². The number of nitrogens with zero attached hydrogens (tertiary/aromatic N) is 2. The van der Waals surface area contributed by atoms with Crippen molar-refractivity contribution in [2.45, 2.75) is 6.10 Å². The third kappa shape index (κ3) is 2.74. The van der Waals surface area contributed by atoms with Gasteiger partial charge in [-0.05, 0) is 6.07 Å². The molecule has 24 heavy (non-hydrogen) atoms. The van der Waals surface area contributed by atoms with Gasteiger partial charge in [-0.1, -0.05) is 29.5 Å². The van der Waals surface area contributed by atoms with Crippen LogP contribution in [0.3, 0.4) is 0 Å². The zero-order chi connectivity index (χ0) is 17.3. The van der Waals surface area contributed by atoms with Crippen LogP contribution in [0.2, 0.25) is 0 Å². The second-order valence-corrected chi connectivity index (χ2v) is 6.43. The Morgan fingerprint density at radius 1 is 1.50 bits per heavy atom. The number of halogens is 1. The number of hydrogen-bond donors (Lipinski definition) is 2. The maximum Gasteiger partial charge on any atom is 0.359 e. The molecule has 0 saturated heterocycles. The topological polar surface area (TPSA) is 76.4 Å². The predicted octanol–water partition coefficient (Wildman–Crippen LogP) is 3.39. The highest BCUT2D eigenvalue weighted by Gasteiger charge is 2.25. The van der Waals surface area contributed by atoms with Gasteiger partial charge >= 0.3 is 5.97 Å². The van der Waals surface area contributed by atoms with Gasteiger partial charge < -0.3 is 15.2 Å². The molecule has 2 aromatic heterocycles. The van der Waals surface area contributed by atoms with Crippen LogP contribution >= 0.6 is 23.7 Å². The molecule has 1 atom stereocenters. The molecule has 0 spiro atoms. The minimum absolute atomic E-state index is 0.0552. The van der Waals surface area contributed by atoms with E-state index >= 15 is 0 Å². The minimum atomic E-state index is -1.08. The van der Waals surface area contributed by atoms with Gasteiger partial charge in [-0.2, -0.15) is 0 Å². The fourth-order valence-corrected chi connectivity index (χ4v) is 3.74. The van der Waals surface area contributed by atoms with Crippen molar-refractivity contribution in [2.75, 3.05) is 19.5 Å². The molecule has 1 unspecified atom stereocenters. The normalized spacial score (nSPS) is 12.3. The maximum absolute atomic E-state index is 13.1. The van der Waals surface area contributed by atoms with Gasteiger partial charge in [-0.3, -0.25) is 3.97 Å².